The predicted octanol–water partition coefficient (Wildman–Crippen LogP) is 0.0699. The number of aliphatic hydroxyl groups is 1. The van der Waals surface area contributed by atoms with Gasteiger partial charge < -0.3 is 30.1 Å². The Kier molecular flexibility index (Phi) is 6.69. The Labute approximate surface area is 158 Å². The molecule has 8 nitrogen and oxygen atoms in total. The summed E-state index contributed by atoms with van der Waals surface area (Å²) < 4.78 is 10.5. The highest BCUT2D eigenvalue weighted by atomic mass is 35.5. The summed E-state index contributed by atoms with van der Waals surface area (Å²) in [6, 6.07) is 4.25. The molecule has 2 fully saturated rings. The second-order valence-corrected chi connectivity index (χ2v) is 6.26. The number of halogens is 1. The van der Waals surface area contributed by atoms with Crippen LogP contribution in [0.5, 0.6) is 11.5 Å². The van der Waals surface area contributed by atoms with E-state index in [4.69, 9.17) is 9.47 Å². The van der Waals surface area contributed by atoms with Gasteiger partial charge >= 0.3 is 0 Å². The van der Waals surface area contributed by atoms with Gasteiger partial charge in [-0.05, 0) is 12.8 Å². The van der Waals surface area contributed by atoms with Crippen LogP contribution in [0, 0.1) is 0 Å². The van der Waals surface area contributed by atoms with Crippen molar-refractivity contribution in [2.75, 3.05) is 32.2 Å². The molecule has 26 heavy (non-hydrogen) atoms. The average Bonchev–Trinajstić information content (AvgIpc) is 3.21. The van der Waals surface area contributed by atoms with Gasteiger partial charge in [-0.2, -0.15) is 0 Å². The van der Waals surface area contributed by atoms with E-state index in [9.17, 15) is 14.7 Å². The molecule has 0 aromatic heterocycles. The molecule has 2 saturated heterocycles. The van der Waals surface area contributed by atoms with Crippen molar-refractivity contribution in [2.45, 2.75) is 31.0 Å². The highest BCUT2D eigenvalue weighted by molar-refractivity contribution is 6.02. The number of rotatable bonds is 5. The van der Waals surface area contributed by atoms with Crippen molar-refractivity contribution in [3.05, 3.63) is 18.2 Å². The maximum Gasteiger partial charge on any atom is 0.249 e. The van der Waals surface area contributed by atoms with Crippen LogP contribution in [0.2, 0.25) is 0 Å². The highest BCUT2D eigenvalue weighted by Crippen LogP contribution is 2.31. The highest BCUT2D eigenvalue weighted by Gasteiger charge is 2.36. The van der Waals surface area contributed by atoms with E-state index >= 15 is 0 Å². The normalized spacial score (nSPS) is 25.0. The molecule has 0 aliphatic carbocycles. The number of hydrogen-bond donors (Lipinski definition) is 3. The Hall–Kier alpha value is -2.03. The summed E-state index contributed by atoms with van der Waals surface area (Å²) in [7, 11) is 3.10. The number of β-amino-alcohol motifs (C(OH)–C–C–N with tert-alkyl or cyclic N) is 1. The lowest BCUT2D eigenvalue weighted by Crippen LogP contribution is -2.48. The van der Waals surface area contributed by atoms with E-state index in [2.05, 4.69) is 10.6 Å². The minimum absolute atomic E-state index is 0. The Morgan fingerprint density at radius 1 is 1.27 bits per heavy atom. The van der Waals surface area contributed by atoms with Crippen LogP contribution in [0.15, 0.2) is 18.2 Å². The maximum atomic E-state index is 12.7. The third-order valence-corrected chi connectivity index (χ3v) is 4.59. The SMILES string of the molecule is COc1cc(OC)cc(N2CCC(NC(=O)C3CC(O)CN3)C2=O)c1.Cl. The van der Waals surface area contributed by atoms with E-state index in [0.29, 0.717) is 43.1 Å². The summed E-state index contributed by atoms with van der Waals surface area (Å²) >= 11 is 0. The van der Waals surface area contributed by atoms with E-state index < -0.39 is 18.2 Å². The van der Waals surface area contributed by atoms with Crippen molar-refractivity contribution < 1.29 is 24.2 Å². The molecule has 2 aliphatic rings. The van der Waals surface area contributed by atoms with E-state index in [-0.39, 0.29) is 24.2 Å². The van der Waals surface area contributed by atoms with E-state index in [1.165, 1.54) is 0 Å². The maximum absolute atomic E-state index is 12.7. The molecule has 0 saturated carbocycles. The average molecular weight is 386 g/mol. The molecule has 3 rings (SSSR count). The van der Waals surface area contributed by atoms with Crippen LogP contribution in [0.1, 0.15) is 12.8 Å². The Balaban J connectivity index is 0.00000243. The topological polar surface area (TPSA) is 100 Å². The van der Waals surface area contributed by atoms with Crippen molar-refractivity contribution in [3.63, 3.8) is 0 Å². The van der Waals surface area contributed by atoms with Crippen LogP contribution in [0.25, 0.3) is 0 Å². The first-order valence-corrected chi connectivity index (χ1v) is 8.28. The zero-order chi connectivity index (χ0) is 18.0. The summed E-state index contributed by atoms with van der Waals surface area (Å²) in [6.07, 6.45) is 0.374. The number of carbonyl (C=O) groups is 2. The third kappa shape index (κ3) is 4.20. The summed E-state index contributed by atoms with van der Waals surface area (Å²) in [5.74, 6) is 0.778. The van der Waals surface area contributed by atoms with Crippen LogP contribution in [-0.4, -0.2) is 62.4 Å². The van der Waals surface area contributed by atoms with Crippen LogP contribution in [0.4, 0.5) is 5.69 Å². The first-order chi connectivity index (χ1) is 12.0. The predicted molar refractivity (Wildman–Crippen MR) is 98.1 cm³/mol. The number of aliphatic hydroxyl groups excluding tert-OH is 1. The quantitative estimate of drug-likeness (QED) is 0.663. The number of amides is 2. The van der Waals surface area contributed by atoms with Gasteiger partial charge in [0.1, 0.15) is 17.5 Å². The largest absolute Gasteiger partial charge is 0.497 e. The molecule has 2 amide bonds. The number of methoxy groups -OCH3 is 2. The first-order valence-electron chi connectivity index (χ1n) is 8.28. The molecule has 0 spiro atoms. The number of anilines is 1. The van der Waals surface area contributed by atoms with Crippen LogP contribution >= 0.6 is 12.4 Å². The molecule has 2 heterocycles. The molecule has 9 heteroatoms. The van der Waals surface area contributed by atoms with Crippen LogP contribution in [-0.2, 0) is 9.59 Å². The number of nitrogens with one attached hydrogen (secondary N) is 2. The first kappa shape index (κ1) is 20.3. The van der Waals surface area contributed by atoms with Gasteiger partial charge in [-0.25, -0.2) is 0 Å². The fraction of sp³-hybridized carbons (Fsp3) is 0.529. The van der Waals surface area contributed by atoms with Gasteiger partial charge in [0.2, 0.25) is 11.8 Å². The second-order valence-electron chi connectivity index (χ2n) is 6.26. The number of benzene rings is 1. The van der Waals surface area contributed by atoms with E-state index in [0.717, 1.165) is 0 Å². The number of nitrogens with zero attached hydrogens (tertiary/aromatic N) is 1. The fourth-order valence-electron chi connectivity index (χ4n) is 3.21. The zero-order valence-electron chi connectivity index (χ0n) is 14.7. The lowest BCUT2D eigenvalue weighted by Gasteiger charge is -2.19. The molecular weight excluding hydrogens is 362 g/mol. The Bertz CT molecular complexity index is 650. The zero-order valence-corrected chi connectivity index (χ0v) is 15.5. The fourth-order valence-corrected chi connectivity index (χ4v) is 3.21. The lowest BCUT2D eigenvalue weighted by atomic mass is 10.1. The molecule has 144 valence electrons. The van der Waals surface area contributed by atoms with Crippen molar-refractivity contribution >= 4 is 29.9 Å². The summed E-state index contributed by atoms with van der Waals surface area (Å²) in [5.41, 5.74) is 0.673. The molecule has 3 N–H and O–H groups in total. The van der Waals surface area contributed by atoms with Gasteiger partial charge in [0, 0.05) is 31.3 Å². The van der Waals surface area contributed by atoms with Gasteiger partial charge in [0.15, 0.2) is 0 Å². The van der Waals surface area contributed by atoms with Crippen molar-refractivity contribution in [2.24, 2.45) is 0 Å². The van der Waals surface area contributed by atoms with Gasteiger partial charge in [-0.15, -0.1) is 12.4 Å². The minimum Gasteiger partial charge on any atom is -0.497 e. The molecule has 2 aliphatic heterocycles. The number of carbonyl (C=O) groups excluding carboxylic acids is 2. The van der Waals surface area contributed by atoms with Gasteiger partial charge in [-0.1, -0.05) is 0 Å². The molecule has 3 unspecified atom stereocenters. The molecule has 0 radical (unpaired) electrons. The van der Waals surface area contributed by atoms with Gasteiger partial charge in [-0.3, -0.25) is 9.59 Å². The standard InChI is InChI=1S/C17H23N3O5.ClH/c1-24-12-5-10(6-13(8-12)25-2)20-4-3-14(17(20)23)19-16(22)15-7-11(21)9-18-15;/h5-6,8,11,14-15,18,21H,3-4,7,9H2,1-2H3,(H,19,22);1H. The van der Waals surface area contributed by atoms with E-state index in [1.807, 2.05) is 0 Å². The van der Waals surface area contributed by atoms with Crippen LogP contribution < -0.4 is 25.0 Å². The molecule has 0 bridgehead atoms. The van der Waals surface area contributed by atoms with Crippen molar-refractivity contribution in [1.29, 1.82) is 0 Å². The summed E-state index contributed by atoms with van der Waals surface area (Å²) in [4.78, 5) is 26.5. The molecule has 3 atom stereocenters. The van der Waals surface area contributed by atoms with Gasteiger partial charge in [0.05, 0.1) is 32.1 Å². The molecule has 1 aromatic carbocycles. The Morgan fingerprint density at radius 3 is 2.46 bits per heavy atom. The van der Waals surface area contributed by atoms with Gasteiger partial charge in [0.25, 0.3) is 0 Å². The molecule has 1 aromatic rings. The number of ether oxygens (including phenoxy) is 2. The minimum atomic E-state index is -0.566. The summed E-state index contributed by atoms with van der Waals surface area (Å²) in [5, 5.41) is 15.2. The van der Waals surface area contributed by atoms with Crippen molar-refractivity contribution in [3.8, 4) is 11.5 Å². The molecular formula is C17H24ClN3O5. The van der Waals surface area contributed by atoms with E-state index in [1.54, 1.807) is 37.3 Å². The smallest absolute Gasteiger partial charge is 0.249 e. The van der Waals surface area contributed by atoms with Crippen LogP contribution in [0.3, 0.4) is 0 Å². The summed E-state index contributed by atoms with van der Waals surface area (Å²) in [6.45, 7) is 0.896. The lowest BCUT2D eigenvalue weighted by molar-refractivity contribution is -0.127. The number of hydrogen-bond acceptors (Lipinski definition) is 6. The van der Waals surface area contributed by atoms with Crippen molar-refractivity contribution in [1.82, 2.24) is 10.6 Å². The second kappa shape index (κ2) is 8.57. The Morgan fingerprint density at radius 2 is 1.92 bits per heavy atom. The monoisotopic (exact) mass is 385 g/mol. The third-order valence-electron chi connectivity index (χ3n) is 4.59.